The molecule has 7 heteroatoms. The summed E-state index contributed by atoms with van der Waals surface area (Å²) in [6.45, 7) is 8.41. The van der Waals surface area contributed by atoms with E-state index in [1.165, 1.54) is 36.8 Å². The van der Waals surface area contributed by atoms with Gasteiger partial charge < -0.3 is 9.84 Å². The summed E-state index contributed by atoms with van der Waals surface area (Å²) in [5, 5.41) is 9.19. The molecule has 1 heterocycles. The first kappa shape index (κ1) is 20.9. The maximum absolute atomic E-state index is 12.8. The molecule has 0 atom stereocenters. The van der Waals surface area contributed by atoms with Crippen LogP contribution in [0, 0.1) is 0 Å². The highest BCUT2D eigenvalue weighted by molar-refractivity contribution is 7.04. The smallest absolute Gasteiger partial charge is 0.335 e. The van der Waals surface area contributed by atoms with E-state index in [9.17, 15) is 14.7 Å². The Bertz CT molecular complexity index is 903. The van der Waals surface area contributed by atoms with Crippen LogP contribution in [0.15, 0.2) is 29.4 Å². The van der Waals surface area contributed by atoms with Crippen LogP contribution in [0.1, 0.15) is 66.8 Å². The SMILES string of the molecule is CCCCc1cn(C(C)(C)C)s/c1=N\C(=O)c1cc(C(=O)O)ccc1OC. The second-order valence-electron chi connectivity index (χ2n) is 7.29. The van der Waals surface area contributed by atoms with Gasteiger partial charge in [-0.2, -0.15) is 4.99 Å². The number of aromatic carboxylic acids is 1. The number of methoxy groups -OCH3 is 1. The summed E-state index contributed by atoms with van der Waals surface area (Å²) in [6.07, 6.45) is 4.95. The molecule has 2 aromatic rings. The number of carbonyl (C=O) groups is 2. The van der Waals surface area contributed by atoms with Crippen molar-refractivity contribution in [2.45, 2.75) is 52.5 Å². The Hall–Kier alpha value is -2.41. The molecular formula is C20H26N2O4S. The van der Waals surface area contributed by atoms with Crippen LogP contribution < -0.4 is 9.41 Å². The van der Waals surface area contributed by atoms with E-state index in [0.29, 0.717) is 10.4 Å². The second kappa shape index (κ2) is 8.52. The summed E-state index contributed by atoms with van der Waals surface area (Å²) in [5.74, 6) is -1.29. The van der Waals surface area contributed by atoms with Gasteiger partial charge in [-0.1, -0.05) is 13.3 Å². The predicted octanol–water partition coefficient (Wildman–Crippen LogP) is 4.10. The number of hydrogen-bond donors (Lipinski definition) is 1. The van der Waals surface area contributed by atoms with Crippen molar-refractivity contribution in [2.24, 2.45) is 4.99 Å². The molecule has 0 saturated heterocycles. The molecule has 1 amide bonds. The molecule has 2 rings (SSSR count). The van der Waals surface area contributed by atoms with Crippen molar-refractivity contribution < 1.29 is 19.4 Å². The van der Waals surface area contributed by atoms with Crippen molar-refractivity contribution in [1.29, 1.82) is 0 Å². The zero-order chi connectivity index (χ0) is 20.2. The average Bonchev–Trinajstić information content (AvgIpc) is 3.02. The summed E-state index contributed by atoms with van der Waals surface area (Å²) in [7, 11) is 1.44. The average molecular weight is 391 g/mol. The first-order valence-electron chi connectivity index (χ1n) is 8.90. The molecule has 27 heavy (non-hydrogen) atoms. The van der Waals surface area contributed by atoms with E-state index in [4.69, 9.17) is 4.74 Å². The van der Waals surface area contributed by atoms with Crippen molar-refractivity contribution in [3.8, 4) is 5.75 Å². The molecule has 1 N–H and O–H groups in total. The number of aromatic nitrogens is 1. The minimum Gasteiger partial charge on any atom is -0.496 e. The lowest BCUT2D eigenvalue weighted by Gasteiger charge is -2.19. The van der Waals surface area contributed by atoms with E-state index >= 15 is 0 Å². The Balaban J connectivity index is 2.54. The number of carboxylic acid groups (broad SMARTS) is 1. The molecule has 0 unspecified atom stereocenters. The fourth-order valence-electron chi connectivity index (χ4n) is 2.50. The third-order valence-corrected chi connectivity index (χ3v) is 5.45. The van der Waals surface area contributed by atoms with Gasteiger partial charge in [0.25, 0.3) is 5.91 Å². The van der Waals surface area contributed by atoms with Crippen LogP contribution in [0.2, 0.25) is 0 Å². The second-order valence-corrected chi connectivity index (χ2v) is 8.25. The van der Waals surface area contributed by atoms with Crippen LogP contribution >= 0.6 is 11.5 Å². The minimum absolute atomic E-state index is 0.0245. The predicted molar refractivity (Wildman–Crippen MR) is 106 cm³/mol. The van der Waals surface area contributed by atoms with Gasteiger partial charge in [-0.3, -0.25) is 8.75 Å². The standard InChI is InChI=1S/C20H26N2O4S/c1-6-7-8-14-12-22(20(2,3)4)27-18(14)21-17(23)15-11-13(19(24)25)9-10-16(15)26-5/h9-12H,6-8H2,1-5H3,(H,24,25)/b21-18-. The summed E-state index contributed by atoms with van der Waals surface area (Å²) in [4.78, 5) is 28.4. The quantitative estimate of drug-likeness (QED) is 0.805. The number of hydrogen-bond acceptors (Lipinski definition) is 4. The Morgan fingerprint density at radius 1 is 1.30 bits per heavy atom. The molecule has 0 aliphatic rings. The maximum Gasteiger partial charge on any atom is 0.335 e. The molecule has 0 bridgehead atoms. The van der Waals surface area contributed by atoms with Crippen molar-refractivity contribution in [1.82, 2.24) is 3.96 Å². The molecule has 0 saturated carbocycles. The monoisotopic (exact) mass is 390 g/mol. The fraction of sp³-hybridized carbons (Fsp3) is 0.450. The van der Waals surface area contributed by atoms with Crippen molar-refractivity contribution in [3.63, 3.8) is 0 Å². The number of amides is 1. The molecule has 1 aromatic carbocycles. The first-order chi connectivity index (χ1) is 12.7. The molecular weight excluding hydrogens is 364 g/mol. The van der Waals surface area contributed by atoms with Gasteiger partial charge in [-0.25, -0.2) is 4.79 Å². The number of carboxylic acids is 1. The number of nitrogens with zero attached hydrogens (tertiary/aromatic N) is 2. The number of carbonyl (C=O) groups excluding carboxylic acids is 1. The van der Waals surface area contributed by atoms with Crippen molar-refractivity contribution in [2.75, 3.05) is 7.11 Å². The van der Waals surface area contributed by atoms with Gasteiger partial charge in [0.2, 0.25) is 0 Å². The van der Waals surface area contributed by atoms with Crippen molar-refractivity contribution in [3.05, 3.63) is 45.8 Å². The number of unbranched alkanes of at least 4 members (excludes halogenated alkanes) is 1. The Labute approximate surface area is 163 Å². The van der Waals surface area contributed by atoms with E-state index in [0.717, 1.165) is 24.8 Å². The van der Waals surface area contributed by atoms with E-state index < -0.39 is 11.9 Å². The highest BCUT2D eigenvalue weighted by Gasteiger charge is 2.18. The van der Waals surface area contributed by atoms with Gasteiger partial charge in [0, 0.05) is 17.3 Å². The summed E-state index contributed by atoms with van der Waals surface area (Å²) in [6, 6.07) is 4.20. The van der Waals surface area contributed by atoms with E-state index in [2.05, 4.69) is 42.8 Å². The zero-order valence-corrected chi connectivity index (χ0v) is 17.2. The Morgan fingerprint density at radius 2 is 2.00 bits per heavy atom. The lowest BCUT2D eigenvalue weighted by atomic mass is 10.1. The molecule has 0 aliphatic heterocycles. The molecule has 6 nitrogen and oxygen atoms in total. The third-order valence-electron chi connectivity index (χ3n) is 4.07. The summed E-state index contributed by atoms with van der Waals surface area (Å²) < 4.78 is 7.97. The number of rotatable bonds is 6. The Morgan fingerprint density at radius 3 is 2.56 bits per heavy atom. The third kappa shape index (κ3) is 5.07. The minimum atomic E-state index is -1.10. The number of benzene rings is 1. The normalized spacial score (nSPS) is 12.3. The molecule has 0 fully saturated rings. The molecule has 146 valence electrons. The molecule has 0 radical (unpaired) electrons. The number of aryl methyl sites for hydroxylation is 1. The highest BCUT2D eigenvalue weighted by Crippen LogP contribution is 2.22. The molecule has 1 aromatic heterocycles. The molecule has 0 spiro atoms. The van der Waals surface area contributed by atoms with Gasteiger partial charge >= 0.3 is 5.97 Å². The van der Waals surface area contributed by atoms with Crippen LogP contribution in [0.5, 0.6) is 5.75 Å². The van der Waals surface area contributed by atoms with Crippen LogP contribution in [0.25, 0.3) is 0 Å². The summed E-state index contributed by atoms with van der Waals surface area (Å²) >= 11 is 1.44. The van der Waals surface area contributed by atoms with Gasteiger partial charge in [0.1, 0.15) is 10.4 Å². The maximum atomic E-state index is 12.8. The van der Waals surface area contributed by atoms with Gasteiger partial charge in [0.15, 0.2) is 0 Å². The van der Waals surface area contributed by atoms with Gasteiger partial charge in [0.05, 0.1) is 18.2 Å². The summed E-state index contributed by atoms with van der Waals surface area (Å²) in [5.41, 5.74) is 1.09. The van der Waals surface area contributed by atoms with Crippen LogP contribution in [-0.4, -0.2) is 28.0 Å². The van der Waals surface area contributed by atoms with Crippen LogP contribution in [0.3, 0.4) is 0 Å². The van der Waals surface area contributed by atoms with Crippen LogP contribution in [-0.2, 0) is 12.0 Å². The van der Waals surface area contributed by atoms with Gasteiger partial charge in [-0.15, -0.1) is 0 Å². The zero-order valence-electron chi connectivity index (χ0n) is 16.4. The number of ether oxygens (including phenoxy) is 1. The lowest BCUT2D eigenvalue weighted by Crippen LogP contribution is -2.18. The van der Waals surface area contributed by atoms with Crippen LogP contribution in [0.4, 0.5) is 0 Å². The van der Waals surface area contributed by atoms with E-state index in [1.807, 2.05) is 0 Å². The van der Waals surface area contributed by atoms with Gasteiger partial charge in [-0.05, 0) is 63.3 Å². The topological polar surface area (TPSA) is 80.9 Å². The highest BCUT2D eigenvalue weighted by atomic mass is 32.1. The van der Waals surface area contributed by atoms with E-state index in [1.54, 1.807) is 0 Å². The lowest BCUT2D eigenvalue weighted by molar-refractivity contribution is 0.0697. The first-order valence-corrected chi connectivity index (χ1v) is 9.67. The Kier molecular flexibility index (Phi) is 6.59. The van der Waals surface area contributed by atoms with E-state index in [-0.39, 0.29) is 16.7 Å². The largest absolute Gasteiger partial charge is 0.496 e. The fourth-order valence-corrected chi connectivity index (χ4v) is 3.53. The van der Waals surface area contributed by atoms with Crippen molar-refractivity contribution >= 4 is 23.4 Å². The molecule has 0 aliphatic carbocycles.